The number of carbonyl (C=O) groups is 5. The molecule has 10 heteroatoms. The molecule has 1 radical (unpaired) electrons. The molecule has 39 heavy (non-hydrogen) atoms. The van der Waals surface area contributed by atoms with Gasteiger partial charge in [-0.15, -0.1) is 0 Å². The van der Waals surface area contributed by atoms with E-state index in [9.17, 15) is 24.0 Å². The van der Waals surface area contributed by atoms with E-state index in [1.807, 2.05) is 24.3 Å². The zero-order valence-corrected chi connectivity index (χ0v) is 20.9. The van der Waals surface area contributed by atoms with Crippen LogP contribution in [-0.4, -0.2) is 48.9 Å². The number of hydrogen-bond acceptors (Lipinski definition) is 9. The van der Waals surface area contributed by atoms with Crippen molar-refractivity contribution in [3.05, 3.63) is 97.6 Å². The van der Waals surface area contributed by atoms with Gasteiger partial charge in [-0.25, -0.2) is 0 Å². The summed E-state index contributed by atoms with van der Waals surface area (Å²) in [6.45, 7) is 0. The first kappa shape index (κ1) is 27.0. The van der Waals surface area contributed by atoms with Gasteiger partial charge in [-0.05, 0) is 24.3 Å². The molecule has 0 unspecified atom stereocenters. The molecular formula is C29H16CoN4O5. The van der Waals surface area contributed by atoms with Crippen molar-refractivity contribution >= 4 is 72.5 Å². The van der Waals surface area contributed by atoms with Crippen LogP contribution < -0.4 is 0 Å². The fraction of sp³-hybridized carbons (Fsp3) is 0. The maximum Gasteiger partial charge on any atom is 0.281 e. The Kier molecular flexibility index (Phi) is 7.99. The number of carbonyl (C=O) groups excluding carboxylic acids is 5. The molecule has 0 amide bonds. The van der Waals surface area contributed by atoms with Crippen molar-refractivity contribution in [3.63, 3.8) is 0 Å². The summed E-state index contributed by atoms with van der Waals surface area (Å²) < 4.78 is 0. The predicted octanol–water partition coefficient (Wildman–Crippen LogP) is 3.41. The van der Waals surface area contributed by atoms with E-state index in [2.05, 4.69) is 68.5 Å². The van der Waals surface area contributed by atoms with Crippen molar-refractivity contribution < 1.29 is 40.8 Å². The Balaban J connectivity index is 0.000000136. The number of benzene rings is 2. The Bertz CT molecular complexity index is 1630. The van der Waals surface area contributed by atoms with Crippen molar-refractivity contribution in [2.75, 3.05) is 0 Å². The molecule has 0 spiro atoms. The molecule has 2 aromatic carbocycles. The topological polar surface area (TPSA) is 137 Å². The molecule has 1 aliphatic rings. The molecule has 9 nitrogen and oxygen atoms in total. The number of nitrogens with zero attached hydrogens (tertiary/aromatic N) is 4. The summed E-state index contributed by atoms with van der Waals surface area (Å²) in [6.07, 6.45) is 7.21. The SMILES string of the molecule is O=C1C(=O)C(=O)C(=O)C1=O.[Co].c1cnc2c(c1)ccc1cccnc12.c1cnc2c(c1)ccc1cccnc12. The minimum absolute atomic E-state index is 0. The molecule has 0 saturated heterocycles. The fourth-order valence-corrected chi connectivity index (χ4v) is 3.88. The van der Waals surface area contributed by atoms with Gasteiger partial charge < -0.3 is 0 Å². The van der Waals surface area contributed by atoms with Crippen molar-refractivity contribution in [1.29, 1.82) is 0 Å². The molecule has 7 rings (SSSR count). The first-order chi connectivity index (χ1) is 18.5. The van der Waals surface area contributed by atoms with Crippen LogP contribution in [0.25, 0.3) is 43.6 Å². The molecule has 0 aliphatic heterocycles. The Morgan fingerprint density at radius 2 is 0.538 bits per heavy atom. The van der Waals surface area contributed by atoms with E-state index < -0.39 is 28.9 Å². The van der Waals surface area contributed by atoms with Crippen LogP contribution in [-0.2, 0) is 40.8 Å². The van der Waals surface area contributed by atoms with Gasteiger partial charge in [-0.2, -0.15) is 0 Å². The van der Waals surface area contributed by atoms with Crippen LogP contribution in [0.4, 0.5) is 0 Å². The third-order valence-electron chi connectivity index (χ3n) is 5.72. The number of hydrogen-bond donors (Lipinski definition) is 0. The molecule has 1 aliphatic carbocycles. The average molecular weight is 559 g/mol. The largest absolute Gasteiger partial charge is 0.281 e. The van der Waals surface area contributed by atoms with Crippen LogP contribution in [0.5, 0.6) is 0 Å². The molecular weight excluding hydrogens is 543 g/mol. The molecule has 4 aromatic heterocycles. The van der Waals surface area contributed by atoms with Crippen LogP contribution in [0.2, 0.25) is 0 Å². The van der Waals surface area contributed by atoms with Gasteiger partial charge in [0.15, 0.2) is 0 Å². The van der Waals surface area contributed by atoms with Crippen molar-refractivity contribution in [2.45, 2.75) is 0 Å². The maximum absolute atomic E-state index is 10.2. The third kappa shape index (κ3) is 5.33. The van der Waals surface area contributed by atoms with Crippen LogP contribution in [0.1, 0.15) is 0 Å². The van der Waals surface area contributed by atoms with Gasteiger partial charge in [-0.3, -0.25) is 43.9 Å². The first-order valence-electron chi connectivity index (χ1n) is 11.3. The second-order valence-corrected chi connectivity index (χ2v) is 8.08. The number of aromatic nitrogens is 4. The standard InChI is InChI=1S/2C12H8N2.C5O5.Co/c2*1-3-9-5-6-10-4-2-8-14-12(10)11(9)13-7-1;6-1-2(7)4(9)5(10)3(1)8;/h2*1-8H;;. The number of fused-ring (bicyclic) bond motifs is 6. The smallest absolute Gasteiger partial charge is 0.281 e. The van der Waals surface area contributed by atoms with E-state index in [1.54, 1.807) is 24.8 Å². The van der Waals surface area contributed by atoms with Crippen molar-refractivity contribution in [1.82, 2.24) is 19.9 Å². The van der Waals surface area contributed by atoms with E-state index in [-0.39, 0.29) is 16.8 Å². The number of pyridine rings is 4. The second-order valence-electron chi connectivity index (χ2n) is 8.08. The predicted molar refractivity (Wildman–Crippen MR) is 139 cm³/mol. The monoisotopic (exact) mass is 559 g/mol. The zero-order chi connectivity index (χ0) is 26.6. The van der Waals surface area contributed by atoms with Gasteiger partial charge in [0.25, 0.3) is 28.9 Å². The first-order valence-corrected chi connectivity index (χ1v) is 11.3. The van der Waals surface area contributed by atoms with Crippen LogP contribution in [0.15, 0.2) is 97.6 Å². The Hall–Kier alpha value is -5.06. The molecule has 6 aromatic rings. The van der Waals surface area contributed by atoms with E-state index >= 15 is 0 Å². The van der Waals surface area contributed by atoms with E-state index in [0.717, 1.165) is 43.6 Å². The molecule has 1 fully saturated rings. The van der Waals surface area contributed by atoms with Gasteiger partial charge in [0.2, 0.25) is 0 Å². The zero-order valence-electron chi connectivity index (χ0n) is 19.9. The van der Waals surface area contributed by atoms with Crippen LogP contribution in [0, 0.1) is 0 Å². The minimum atomic E-state index is -1.52. The summed E-state index contributed by atoms with van der Waals surface area (Å²) in [6, 6.07) is 24.3. The van der Waals surface area contributed by atoms with Gasteiger partial charge >= 0.3 is 0 Å². The Morgan fingerprint density at radius 1 is 0.333 bits per heavy atom. The summed E-state index contributed by atoms with van der Waals surface area (Å²) >= 11 is 0. The van der Waals surface area contributed by atoms with Gasteiger partial charge in [0.05, 0.1) is 22.1 Å². The summed E-state index contributed by atoms with van der Waals surface area (Å²) in [5.41, 5.74) is 3.91. The summed E-state index contributed by atoms with van der Waals surface area (Å²) in [5.74, 6) is -7.59. The number of rotatable bonds is 0. The minimum Gasteiger partial charge on any atom is -0.281 e. The summed E-state index contributed by atoms with van der Waals surface area (Å²) in [5, 5.41) is 4.55. The number of ketones is 5. The quantitative estimate of drug-likeness (QED) is 0.203. The molecule has 4 heterocycles. The van der Waals surface area contributed by atoms with Crippen molar-refractivity contribution in [3.8, 4) is 0 Å². The average Bonchev–Trinajstić information content (AvgIpc) is 3.15. The summed E-state index contributed by atoms with van der Waals surface area (Å²) in [7, 11) is 0. The Labute approximate surface area is 230 Å². The fourth-order valence-electron chi connectivity index (χ4n) is 3.88. The normalized spacial score (nSPS) is 12.7. The van der Waals surface area contributed by atoms with Gasteiger partial charge in [-0.1, -0.05) is 48.5 Å². The van der Waals surface area contributed by atoms with E-state index in [0.29, 0.717) is 0 Å². The molecule has 0 atom stereocenters. The van der Waals surface area contributed by atoms with Crippen LogP contribution >= 0.6 is 0 Å². The number of Topliss-reactive ketones (excluding diaryl/α,β-unsaturated/α-hetero) is 5. The van der Waals surface area contributed by atoms with Crippen molar-refractivity contribution in [2.24, 2.45) is 0 Å². The summed E-state index contributed by atoms with van der Waals surface area (Å²) in [4.78, 5) is 68.3. The van der Waals surface area contributed by atoms with E-state index in [4.69, 9.17) is 0 Å². The molecule has 191 valence electrons. The molecule has 0 N–H and O–H groups in total. The second kappa shape index (κ2) is 11.5. The van der Waals surface area contributed by atoms with Crippen LogP contribution in [0.3, 0.4) is 0 Å². The van der Waals surface area contributed by atoms with E-state index in [1.165, 1.54) is 0 Å². The Morgan fingerprint density at radius 3 is 0.744 bits per heavy atom. The van der Waals surface area contributed by atoms with Gasteiger partial charge in [0, 0.05) is 63.1 Å². The molecule has 0 bridgehead atoms. The molecule has 1 saturated carbocycles. The van der Waals surface area contributed by atoms with Gasteiger partial charge in [0.1, 0.15) is 0 Å². The third-order valence-corrected chi connectivity index (χ3v) is 5.72. The maximum atomic E-state index is 10.2.